The number of nitrogens with one attached hydrogen (secondary N) is 1. The lowest BCUT2D eigenvalue weighted by molar-refractivity contribution is -0.138. The quantitative estimate of drug-likeness (QED) is 0.819. The second kappa shape index (κ2) is 8.92. The summed E-state index contributed by atoms with van der Waals surface area (Å²) < 4.78 is 13.5. The number of carbonyl (C=O) groups excluding carboxylic acids is 1. The summed E-state index contributed by atoms with van der Waals surface area (Å²) in [6.07, 6.45) is 2.67. The van der Waals surface area contributed by atoms with Crippen LogP contribution in [0.4, 0.5) is 10.1 Å². The molecule has 7 heteroatoms. The van der Waals surface area contributed by atoms with Crippen molar-refractivity contribution in [2.24, 2.45) is 0 Å². The summed E-state index contributed by atoms with van der Waals surface area (Å²) in [4.78, 5) is 26.9. The molecule has 138 valence electrons. The van der Waals surface area contributed by atoms with E-state index in [1.54, 1.807) is 19.1 Å². The van der Waals surface area contributed by atoms with E-state index in [1.807, 2.05) is 11.9 Å². The Kier molecular flexibility index (Phi) is 6.90. The van der Waals surface area contributed by atoms with E-state index >= 15 is 0 Å². The fraction of sp³-hybridized carbons (Fsp3) is 0.556. The molecule has 25 heavy (non-hydrogen) atoms. The molecule has 2 N–H and O–H groups in total. The summed E-state index contributed by atoms with van der Waals surface area (Å²) in [6, 6.07) is 4.87. The molecular weight excluding hydrogens is 325 g/mol. The van der Waals surface area contributed by atoms with Crippen LogP contribution in [-0.2, 0) is 9.59 Å². The number of carboxylic acid groups (broad SMARTS) is 1. The van der Waals surface area contributed by atoms with Crippen molar-refractivity contribution in [3.05, 3.63) is 29.6 Å². The Hall–Kier alpha value is -1.99. The summed E-state index contributed by atoms with van der Waals surface area (Å²) in [5.74, 6) is -1.33. The number of benzene rings is 1. The van der Waals surface area contributed by atoms with Gasteiger partial charge in [-0.25, -0.2) is 4.39 Å². The van der Waals surface area contributed by atoms with Crippen molar-refractivity contribution in [3.8, 4) is 0 Å². The Balaban J connectivity index is 1.83. The number of anilines is 1. The SMILES string of the molecule is Cc1ccc(NC(=O)CN2CCCC(N(C)CC(=O)O)CC2)cc1F. The zero-order valence-electron chi connectivity index (χ0n) is 14.8. The average molecular weight is 351 g/mol. The molecular formula is C18H26FN3O3. The largest absolute Gasteiger partial charge is 0.480 e. The number of amides is 1. The first-order chi connectivity index (χ1) is 11.8. The van der Waals surface area contributed by atoms with Crippen molar-refractivity contribution in [2.75, 3.05) is 38.5 Å². The molecule has 0 bridgehead atoms. The number of carboxylic acids is 1. The molecule has 6 nitrogen and oxygen atoms in total. The number of hydrogen-bond acceptors (Lipinski definition) is 4. The molecule has 1 atom stereocenters. The van der Waals surface area contributed by atoms with Crippen molar-refractivity contribution < 1.29 is 19.1 Å². The van der Waals surface area contributed by atoms with Crippen LogP contribution >= 0.6 is 0 Å². The van der Waals surface area contributed by atoms with E-state index in [0.29, 0.717) is 11.3 Å². The highest BCUT2D eigenvalue weighted by Crippen LogP contribution is 2.17. The Bertz CT molecular complexity index is 624. The topological polar surface area (TPSA) is 72.9 Å². The molecule has 1 unspecified atom stereocenters. The minimum atomic E-state index is -0.826. The highest BCUT2D eigenvalue weighted by atomic mass is 19.1. The van der Waals surface area contributed by atoms with Gasteiger partial charge in [0.25, 0.3) is 0 Å². The van der Waals surface area contributed by atoms with E-state index in [4.69, 9.17) is 5.11 Å². The molecule has 2 rings (SSSR count). The van der Waals surface area contributed by atoms with E-state index in [2.05, 4.69) is 10.2 Å². The van der Waals surface area contributed by atoms with Crippen LogP contribution in [0.1, 0.15) is 24.8 Å². The smallest absolute Gasteiger partial charge is 0.317 e. The average Bonchev–Trinajstić information content (AvgIpc) is 2.76. The second-order valence-electron chi connectivity index (χ2n) is 6.68. The summed E-state index contributed by atoms with van der Waals surface area (Å²) in [6.45, 7) is 3.50. The fourth-order valence-electron chi connectivity index (χ4n) is 3.15. The van der Waals surface area contributed by atoms with Gasteiger partial charge in [0.1, 0.15) is 5.82 Å². The summed E-state index contributed by atoms with van der Waals surface area (Å²) in [7, 11) is 1.83. The highest BCUT2D eigenvalue weighted by Gasteiger charge is 2.22. The van der Waals surface area contributed by atoms with Gasteiger partial charge in [0.2, 0.25) is 5.91 Å². The summed E-state index contributed by atoms with van der Waals surface area (Å²) in [5.41, 5.74) is 1.00. The number of nitrogens with zero attached hydrogens (tertiary/aromatic N) is 2. The number of carbonyl (C=O) groups is 2. The zero-order chi connectivity index (χ0) is 18.4. The van der Waals surface area contributed by atoms with Crippen LogP contribution in [0.5, 0.6) is 0 Å². The number of hydrogen-bond donors (Lipinski definition) is 2. The summed E-state index contributed by atoms with van der Waals surface area (Å²) >= 11 is 0. The first-order valence-electron chi connectivity index (χ1n) is 8.55. The Morgan fingerprint density at radius 2 is 2.12 bits per heavy atom. The molecule has 1 aromatic rings. The standard InChI is InChI=1S/C18H26FN3O3/c1-13-5-6-14(10-16(13)19)20-17(23)11-22-8-3-4-15(7-9-22)21(2)12-18(24)25/h5-6,10,15H,3-4,7-9,11-12H2,1-2H3,(H,20,23)(H,24,25). The zero-order valence-corrected chi connectivity index (χ0v) is 14.8. The maximum absolute atomic E-state index is 13.5. The van der Waals surface area contributed by atoms with Crippen LogP contribution in [0, 0.1) is 12.7 Å². The van der Waals surface area contributed by atoms with Crippen molar-refractivity contribution in [1.82, 2.24) is 9.80 Å². The first-order valence-corrected chi connectivity index (χ1v) is 8.55. The number of aryl methyl sites for hydroxylation is 1. The Morgan fingerprint density at radius 3 is 2.80 bits per heavy atom. The molecule has 0 aliphatic carbocycles. The van der Waals surface area contributed by atoms with Gasteiger partial charge in [-0.1, -0.05) is 6.07 Å². The minimum absolute atomic E-state index is 0.0319. The van der Waals surface area contributed by atoms with Crippen LogP contribution in [0.3, 0.4) is 0 Å². The molecule has 1 aromatic carbocycles. The van der Waals surface area contributed by atoms with Crippen molar-refractivity contribution in [2.45, 2.75) is 32.2 Å². The number of likely N-dealkylation sites (tertiary alicyclic amines) is 1. The normalized spacial score (nSPS) is 18.8. The van der Waals surface area contributed by atoms with Crippen molar-refractivity contribution >= 4 is 17.6 Å². The predicted molar refractivity (Wildman–Crippen MR) is 94.1 cm³/mol. The molecule has 0 radical (unpaired) electrons. The molecule has 1 saturated heterocycles. The lowest BCUT2D eigenvalue weighted by Crippen LogP contribution is -2.37. The molecule has 1 aliphatic rings. The Morgan fingerprint density at radius 1 is 1.36 bits per heavy atom. The van der Waals surface area contributed by atoms with Crippen LogP contribution in [-0.4, -0.2) is 66.1 Å². The van der Waals surface area contributed by atoms with E-state index < -0.39 is 5.97 Å². The third-order valence-corrected chi connectivity index (χ3v) is 4.62. The second-order valence-corrected chi connectivity index (χ2v) is 6.68. The maximum atomic E-state index is 13.5. The molecule has 0 saturated carbocycles. The van der Waals surface area contributed by atoms with Gasteiger partial charge < -0.3 is 10.4 Å². The van der Waals surface area contributed by atoms with E-state index in [9.17, 15) is 14.0 Å². The maximum Gasteiger partial charge on any atom is 0.317 e. The molecule has 1 fully saturated rings. The van der Waals surface area contributed by atoms with Gasteiger partial charge in [0.15, 0.2) is 0 Å². The first kappa shape index (κ1) is 19.3. The van der Waals surface area contributed by atoms with Gasteiger partial charge >= 0.3 is 5.97 Å². The molecule has 0 aromatic heterocycles. The van der Waals surface area contributed by atoms with E-state index in [1.165, 1.54) is 6.07 Å². The number of halogens is 1. The third-order valence-electron chi connectivity index (χ3n) is 4.62. The van der Waals surface area contributed by atoms with E-state index in [-0.39, 0.29) is 30.9 Å². The predicted octanol–water partition coefficient (Wildman–Crippen LogP) is 1.94. The van der Waals surface area contributed by atoms with Gasteiger partial charge in [-0.2, -0.15) is 0 Å². The lowest BCUT2D eigenvalue weighted by atomic mass is 10.1. The van der Waals surface area contributed by atoms with Gasteiger partial charge in [0, 0.05) is 18.3 Å². The molecule has 1 heterocycles. The minimum Gasteiger partial charge on any atom is -0.480 e. The number of rotatable bonds is 6. The van der Waals surface area contributed by atoms with Crippen molar-refractivity contribution in [1.29, 1.82) is 0 Å². The number of aliphatic carboxylic acids is 1. The monoisotopic (exact) mass is 351 g/mol. The fourth-order valence-corrected chi connectivity index (χ4v) is 3.15. The van der Waals surface area contributed by atoms with Gasteiger partial charge in [-0.05, 0) is 57.5 Å². The third kappa shape index (κ3) is 6.10. The van der Waals surface area contributed by atoms with E-state index in [0.717, 1.165) is 32.4 Å². The van der Waals surface area contributed by atoms with Crippen LogP contribution < -0.4 is 5.32 Å². The van der Waals surface area contributed by atoms with Crippen molar-refractivity contribution in [3.63, 3.8) is 0 Å². The van der Waals surface area contributed by atoms with Crippen LogP contribution in [0.2, 0.25) is 0 Å². The summed E-state index contributed by atoms with van der Waals surface area (Å²) in [5, 5.41) is 11.6. The van der Waals surface area contributed by atoms with Crippen LogP contribution in [0.25, 0.3) is 0 Å². The number of likely N-dealkylation sites (N-methyl/N-ethyl adjacent to an activating group) is 1. The molecule has 1 aliphatic heterocycles. The highest BCUT2D eigenvalue weighted by molar-refractivity contribution is 5.92. The molecule has 1 amide bonds. The lowest BCUT2D eigenvalue weighted by Gasteiger charge is -2.25. The molecule has 0 spiro atoms. The van der Waals surface area contributed by atoms with Gasteiger partial charge in [-0.3, -0.25) is 19.4 Å². The van der Waals surface area contributed by atoms with Gasteiger partial charge in [-0.15, -0.1) is 0 Å². The van der Waals surface area contributed by atoms with Crippen LogP contribution in [0.15, 0.2) is 18.2 Å². The Labute approximate surface area is 147 Å². The van der Waals surface area contributed by atoms with Gasteiger partial charge in [0.05, 0.1) is 13.1 Å².